The lowest BCUT2D eigenvalue weighted by Gasteiger charge is -2.11. The fourth-order valence-corrected chi connectivity index (χ4v) is 2.31. The molecule has 6 heteroatoms. The molecule has 1 N–H and O–H groups in total. The Morgan fingerprint density at radius 2 is 1.88 bits per heavy atom. The number of carbonyl (C=O) groups is 2. The Morgan fingerprint density at radius 3 is 2.35 bits per heavy atom. The van der Waals surface area contributed by atoms with Crippen molar-refractivity contribution < 1.29 is 18.5 Å². The van der Waals surface area contributed by atoms with Crippen molar-refractivity contribution in [3.63, 3.8) is 0 Å². The maximum atomic E-state index is 11.7. The molecule has 0 aliphatic rings. The molecule has 0 saturated carbocycles. The van der Waals surface area contributed by atoms with Crippen LogP contribution in [0.1, 0.15) is 33.6 Å². The Labute approximate surface area is 105 Å². The van der Waals surface area contributed by atoms with Gasteiger partial charge in [0.05, 0.1) is 13.5 Å². The number of methoxy groups -OCH3 is 1. The van der Waals surface area contributed by atoms with Crippen molar-refractivity contribution >= 4 is 22.7 Å². The summed E-state index contributed by atoms with van der Waals surface area (Å²) >= 11 is 0. The van der Waals surface area contributed by atoms with E-state index >= 15 is 0 Å². The van der Waals surface area contributed by atoms with Crippen molar-refractivity contribution in [3.8, 4) is 0 Å². The van der Waals surface area contributed by atoms with Gasteiger partial charge >= 0.3 is 5.97 Å². The highest BCUT2D eigenvalue weighted by Crippen LogP contribution is 2.04. The van der Waals surface area contributed by atoms with Crippen molar-refractivity contribution in [3.05, 3.63) is 0 Å². The normalized spacial score (nSPS) is 14.2. The Kier molecular flexibility index (Phi) is 7.78. The SMILES string of the molecule is COC(=O)CC(C)S(=O)CCC(=O)NC(C)C. The monoisotopic (exact) mass is 263 g/mol. The van der Waals surface area contributed by atoms with Gasteiger partial charge in [-0.05, 0) is 13.8 Å². The van der Waals surface area contributed by atoms with Crippen LogP contribution in [0, 0.1) is 0 Å². The molecule has 0 aliphatic carbocycles. The van der Waals surface area contributed by atoms with Gasteiger partial charge in [-0.1, -0.05) is 6.92 Å². The number of hydrogen-bond acceptors (Lipinski definition) is 4. The van der Waals surface area contributed by atoms with Crippen LogP contribution in [-0.2, 0) is 25.1 Å². The number of nitrogens with one attached hydrogen (secondary N) is 1. The molecule has 0 fully saturated rings. The van der Waals surface area contributed by atoms with E-state index in [2.05, 4.69) is 10.1 Å². The standard InChI is InChI=1S/C11H21NO4S/c1-8(2)12-10(13)5-6-17(15)9(3)7-11(14)16-4/h8-9H,5-7H2,1-4H3,(H,12,13). The zero-order chi connectivity index (χ0) is 13.4. The number of carbonyl (C=O) groups excluding carboxylic acids is 2. The topological polar surface area (TPSA) is 72.5 Å². The number of hydrogen-bond donors (Lipinski definition) is 1. The van der Waals surface area contributed by atoms with Crippen molar-refractivity contribution in [1.82, 2.24) is 5.32 Å². The van der Waals surface area contributed by atoms with Gasteiger partial charge < -0.3 is 10.1 Å². The first-order valence-corrected chi connectivity index (χ1v) is 6.98. The second-order valence-electron chi connectivity index (χ2n) is 4.15. The fourth-order valence-electron chi connectivity index (χ4n) is 1.20. The van der Waals surface area contributed by atoms with E-state index in [-0.39, 0.29) is 41.8 Å². The zero-order valence-electron chi connectivity index (χ0n) is 10.8. The van der Waals surface area contributed by atoms with Gasteiger partial charge in [0, 0.05) is 34.3 Å². The molecule has 0 aromatic heterocycles. The Bertz CT molecular complexity index is 291. The molecule has 0 aromatic carbocycles. The molecule has 0 aliphatic heterocycles. The smallest absolute Gasteiger partial charge is 0.306 e. The summed E-state index contributed by atoms with van der Waals surface area (Å²) in [5, 5.41) is 2.44. The van der Waals surface area contributed by atoms with Gasteiger partial charge in [-0.2, -0.15) is 0 Å². The molecule has 0 saturated heterocycles. The van der Waals surface area contributed by atoms with Gasteiger partial charge in [0.15, 0.2) is 0 Å². The van der Waals surface area contributed by atoms with Gasteiger partial charge in [0.1, 0.15) is 0 Å². The van der Waals surface area contributed by atoms with Gasteiger partial charge in [0.25, 0.3) is 0 Å². The summed E-state index contributed by atoms with van der Waals surface area (Å²) in [6, 6.07) is 0.0865. The van der Waals surface area contributed by atoms with Gasteiger partial charge in [-0.15, -0.1) is 0 Å². The maximum Gasteiger partial charge on any atom is 0.306 e. The first-order chi connectivity index (χ1) is 7.86. The number of amides is 1. The van der Waals surface area contributed by atoms with Crippen LogP contribution >= 0.6 is 0 Å². The average Bonchev–Trinajstić information content (AvgIpc) is 2.24. The minimum Gasteiger partial charge on any atom is -0.469 e. The number of esters is 1. The molecular weight excluding hydrogens is 242 g/mol. The summed E-state index contributed by atoms with van der Waals surface area (Å²) in [5.41, 5.74) is 0. The summed E-state index contributed by atoms with van der Waals surface area (Å²) < 4.78 is 16.2. The third-order valence-electron chi connectivity index (χ3n) is 2.11. The van der Waals surface area contributed by atoms with Crippen LogP contribution in [0.15, 0.2) is 0 Å². The minimum absolute atomic E-state index is 0.0865. The van der Waals surface area contributed by atoms with E-state index in [4.69, 9.17) is 0 Å². The molecule has 2 atom stereocenters. The molecule has 100 valence electrons. The Balaban J connectivity index is 3.93. The van der Waals surface area contributed by atoms with E-state index in [1.54, 1.807) is 6.92 Å². The molecule has 17 heavy (non-hydrogen) atoms. The molecular formula is C11H21NO4S. The molecule has 0 radical (unpaired) electrons. The molecule has 0 heterocycles. The lowest BCUT2D eigenvalue weighted by molar-refractivity contribution is -0.140. The first kappa shape index (κ1) is 16.1. The molecule has 2 unspecified atom stereocenters. The van der Waals surface area contributed by atoms with E-state index in [0.29, 0.717) is 0 Å². The Morgan fingerprint density at radius 1 is 1.29 bits per heavy atom. The van der Waals surface area contributed by atoms with Crippen molar-refractivity contribution in [2.24, 2.45) is 0 Å². The Hall–Kier alpha value is -0.910. The highest BCUT2D eigenvalue weighted by atomic mass is 32.2. The van der Waals surface area contributed by atoms with Gasteiger partial charge in [-0.3, -0.25) is 13.8 Å². The largest absolute Gasteiger partial charge is 0.469 e. The van der Waals surface area contributed by atoms with E-state index in [1.165, 1.54) is 7.11 Å². The third kappa shape index (κ3) is 7.90. The summed E-state index contributed by atoms with van der Waals surface area (Å²) in [4.78, 5) is 22.3. The predicted octanol–water partition coefficient (Wildman–Crippen LogP) is 0.601. The lowest BCUT2D eigenvalue weighted by atomic mass is 10.3. The highest BCUT2D eigenvalue weighted by Gasteiger charge is 2.17. The van der Waals surface area contributed by atoms with E-state index in [0.717, 1.165) is 0 Å². The van der Waals surface area contributed by atoms with Crippen LogP contribution in [0.4, 0.5) is 0 Å². The highest BCUT2D eigenvalue weighted by molar-refractivity contribution is 7.85. The van der Waals surface area contributed by atoms with Crippen LogP contribution < -0.4 is 5.32 Å². The quantitative estimate of drug-likeness (QED) is 0.683. The summed E-state index contributed by atoms with van der Waals surface area (Å²) in [6.45, 7) is 5.46. The minimum atomic E-state index is -1.18. The van der Waals surface area contributed by atoms with Crippen LogP contribution in [-0.4, -0.2) is 40.2 Å². The van der Waals surface area contributed by atoms with Crippen molar-refractivity contribution in [1.29, 1.82) is 0 Å². The van der Waals surface area contributed by atoms with Crippen LogP contribution in [0.5, 0.6) is 0 Å². The van der Waals surface area contributed by atoms with Crippen LogP contribution in [0.3, 0.4) is 0 Å². The second-order valence-corrected chi connectivity index (χ2v) is 6.12. The van der Waals surface area contributed by atoms with E-state index in [9.17, 15) is 13.8 Å². The zero-order valence-corrected chi connectivity index (χ0v) is 11.6. The fraction of sp³-hybridized carbons (Fsp3) is 0.818. The van der Waals surface area contributed by atoms with Crippen LogP contribution in [0.2, 0.25) is 0 Å². The molecule has 0 spiro atoms. The van der Waals surface area contributed by atoms with Gasteiger partial charge in [-0.25, -0.2) is 0 Å². The molecule has 0 rings (SSSR count). The van der Waals surface area contributed by atoms with Crippen molar-refractivity contribution in [2.75, 3.05) is 12.9 Å². The summed E-state index contributed by atoms with van der Waals surface area (Å²) in [6.07, 6.45) is 0.339. The lowest BCUT2D eigenvalue weighted by Crippen LogP contribution is -2.31. The first-order valence-electron chi connectivity index (χ1n) is 5.60. The molecule has 1 amide bonds. The van der Waals surface area contributed by atoms with Crippen molar-refractivity contribution in [2.45, 2.75) is 44.9 Å². The van der Waals surface area contributed by atoms with Crippen LogP contribution in [0.25, 0.3) is 0 Å². The maximum absolute atomic E-state index is 11.7. The van der Waals surface area contributed by atoms with E-state index in [1.807, 2.05) is 13.8 Å². The summed E-state index contributed by atoms with van der Waals surface area (Å²) in [7, 11) is 0.116. The number of rotatable bonds is 7. The molecule has 0 bridgehead atoms. The second kappa shape index (κ2) is 8.22. The molecule has 5 nitrogen and oxygen atoms in total. The number of ether oxygens (including phenoxy) is 1. The average molecular weight is 263 g/mol. The molecule has 0 aromatic rings. The van der Waals surface area contributed by atoms with Gasteiger partial charge in [0.2, 0.25) is 5.91 Å². The van der Waals surface area contributed by atoms with E-state index < -0.39 is 10.8 Å². The third-order valence-corrected chi connectivity index (χ3v) is 3.78. The summed E-state index contributed by atoms with van der Waals surface area (Å²) in [5.74, 6) is -0.215. The predicted molar refractivity (Wildman–Crippen MR) is 67.0 cm³/mol.